The Labute approximate surface area is 79.2 Å². The summed E-state index contributed by atoms with van der Waals surface area (Å²) in [6.45, 7) is 6.53. The second kappa shape index (κ2) is 3.92. The number of aliphatic hydroxyl groups is 1. The van der Waals surface area contributed by atoms with Crippen molar-refractivity contribution in [2.45, 2.75) is 39.7 Å². The maximum absolute atomic E-state index is 9.71. The molecule has 0 spiro atoms. The van der Waals surface area contributed by atoms with Crippen molar-refractivity contribution in [2.75, 3.05) is 0 Å². The Bertz CT molecular complexity index is 236. The zero-order chi connectivity index (χ0) is 9.90. The molecule has 1 aromatic rings. The van der Waals surface area contributed by atoms with Gasteiger partial charge in [-0.3, -0.25) is 5.10 Å². The van der Waals surface area contributed by atoms with Gasteiger partial charge in [-0.2, -0.15) is 5.10 Å². The van der Waals surface area contributed by atoms with Crippen LogP contribution in [0.3, 0.4) is 0 Å². The number of aromatic nitrogens is 2. The second-order valence-corrected chi connectivity index (χ2v) is 4.65. The lowest BCUT2D eigenvalue weighted by Crippen LogP contribution is -2.07. The Hall–Kier alpha value is -0.830. The number of aromatic amines is 1. The summed E-state index contributed by atoms with van der Waals surface area (Å²) in [6, 6.07) is 0. The molecule has 0 aliphatic heterocycles. The largest absolute Gasteiger partial charge is 0.388 e. The van der Waals surface area contributed by atoms with Gasteiger partial charge in [-0.05, 0) is 18.3 Å². The van der Waals surface area contributed by atoms with Crippen LogP contribution in [0.15, 0.2) is 12.4 Å². The lowest BCUT2D eigenvalue weighted by molar-refractivity contribution is 0.147. The van der Waals surface area contributed by atoms with Crippen LogP contribution in [-0.4, -0.2) is 15.3 Å². The van der Waals surface area contributed by atoms with Crippen LogP contribution in [0.25, 0.3) is 0 Å². The van der Waals surface area contributed by atoms with E-state index in [4.69, 9.17) is 0 Å². The first-order valence-electron chi connectivity index (χ1n) is 4.66. The fraction of sp³-hybridized carbons (Fsp3) is 0.700. The van der Waals surface area contributed by atoms with E-state index in [0.29, 0.717) is 0 Å². The number of nitrogens with zero attached hydrogens (tertiary/aromatic N) is 1. The third kappa shape index (κ3) is 3.59. The molecule has 0 aromatic carbocycles. The van der Waals surface area contributed by atoms with Crippen molar-refractivity contribution < 1.29 is 5.11 Å². The molecule has 1 aromatic heterocycles. The minimum Gasteiger partial charge on any atom is -0.388 e. The molecule has 3 nitrogen and oxygen atoms in total. The first-order valence-corrected chi connectivity index (χ1v) is 4.66. The number of aliphatic hydroxyl groups excluding tert-OH is 1. The van der Waals surface area contributed by atoms with Crippen molar-refractivity contribution in [2.24, 2.45) is 5.41 Å². The highest BCUT2D eigenvalue weighted by atomic mass is 16.3. The van der Waals surface area contributed by atoms with Crippen LogP contribution in [0.5, 0.6) is 0 Å². The molecular formula is C10H18N2O. The van der Waals surface area contributed by atoms with E-state index in [9.17, 15) is 5.11 Å². The topological polar surface area (TPSA) is 48.9 Å². The van der Waals surface area contributed by atoms with Gasteiger partial charge < -0.3 is 5.11 Å². The zero-order valence-electron chi connectivity index (χ0n) is 8.54. The van der Waals surface area contributed by atoms with Gasteiger partial charge in [-0.1, -0.05) is 20.8 Å². The van der Waals surface area contributed by atoms with Crippen LogP contribution in [-0.2, 0) is 0 Å². The fourth-order valence-electron chi connectivity index (χ4n) is 1.18. The molecule has 1 atom stereocenters. The number of H-pyrrole nitrogens is 1. The highest BCUT2D eigenvalue weighted by Crippen LogP contribution is 2.26. The third-order valence-corrected chi connectivity index (χ3v) is 2.07. The fourth-order valence-corrected chi connectivity index (χ4v) is 1.18. The predicted octanol–water partition coefficient (Wildman–Crippen LogP) is 2.27. The van der Waals surface area contributed by atoms with Crippen molar-refractivity contribution in [1.29, 1.82) is 0 Å². The van der Waals surface area contributed by atoms with E-state index < -0.39 is 0 Å². The Morgan fingerprint density at radius 1 is 1.54 bits per heavy atom. The molecule has 0 amide bonds. The van der Waals surface area contributed by atoms with Gasteiger partial charge in [-0.25, -0.2) is 0 Å². The van der Waals surface area contributed by atoms with Gasteiger partial charge in [0.05, 0.1) is 12.3 Å². The summed E-state index contributed by atoms with van der Waals surface area (Å²) in [7, 11) is 0. The van der Waals surface area contributed by atoms with Crippen LogP contribution in [0.4, 0.5) is 0 Å². The Balaban J connectivity index is 2.39. The van der Waals surface area contributed by atoms with Crippen LogP contribution in [0, 0.1) is 5.41 Å². The molecule has 13 heavy (non-hydrogen) atoms. The summed E-state index contributed by atoms with van der Waals surface area (Å²) in [5.41, 5.74) is 1.16. The number of nitrogens with one attached hydrogen (secondary N) is 1. The highest BCUT2D eigenvalue weighted by Gasteiger charge is 2.15. The molecule has 1 unspecified atom stereocenters. The summed E-state index contributed by atoms with van der Waals surface area (Å²) < 4.78 is 0. The number of hydrogen-bond donors (Lipinski definition) is 2. The summed E-state index contributed by atoms with van der Waals surface area (Å²) in [4.78, 5) is 0. The van der Waals surface area contributed by atoms with E-state index in [2.05, 4.69) is 31.0 Å². The SMILES string of the molecule is CC(C)(C)CCC(O)c1cn[nH]c1. The molecule has 0 aliphatic rings. The average Bonchev–Trinajstić information content (AvgIpc) is 2.50. The Morgan fingerprint density at radius 2 is 2.23 bits per heavy atom. The van der Waals surface area contributed by atoms with Gasteiger partial charge in [0.2, 0.25) is 0 Å². The van der Waals surface area contributed by atoms with Gasteiger partial charge in [-0.15, -0.1) is 0 Å². The summed E-state index contributed by atoms with van der Waals surface area (Å²) >= 11 is 0. The smallest absolute Gasteiger partial charge is 0.0820 e. The lowest BCUT2D eigenvalue weighted by Gasteiger charge is -2.19. The quantitative estimate of drug-likeness (QED) is 0.753. The van der Waals surface area contributed by atoms with Crippen LogP contribution >= 0.6 is 0 Å². The summed E-state index contributed by atoms with van der Waals surface area (Å²) in [5, 5.41) is 16.2. The standard InChI is InChI=1S/C10H18N2O/c1-10(2,3)5-4-9(13)8-6-11-12-7-8/h6-7,9,13H,4-5H2,1-3H3,(H,11,12). The van der Waals surface area contributed by atoms with E-state index in [1.54, 1.807) is 12.4 Å². The first kappa shape index (κ1) is 10.3. The van der Waals surface area contributed by atoms with E-state index in [1.807, 2.05) is 0 Å². The highest BCUT2D eigenvalue weighted by molar-refractivity contribution is 5.06. The number of rotatable bonds is 3. The molecule has 3 heteroatoms. The van der Waals surface area contributed by atoms with Crippen molar-refractivity contribution in [3.05, 3.63) is 18.0 Å². The molecular weight excluding hydrogens is 164 g/mol. The molecule has 0 saturated heterocycles. The van der Waals surface area contributed by atoms with Crippen molar-refractivity contribution in [3.8, 4) is 0 Å². The van der Waals surface area contributed by atoms with Gasteiger partial charge >= 0.3 is 0 Å². The molecule has 0 bridgehead atoms. The predicted molar refractivity (Wildman–Crippen MR) is 52.2 cm³/mol. The Morgan fingerprint density at radius 3 is 2.69 bits per heavy atom. The monoisotopic (exact) mass is 182 g/mol. The van der Waals surface area contributed by atoms with Gasteiger partial charge in [0.1, 0.15) is 0 Å². The van der Waals surface area contributed by atoms with E-state index in [-0.39, 0.29) is 11.5 Å². The minimum atomic E-state index is -0.377. The Kier molecular flexibility index (Phi) is 3.09. The normalized spacial score (nSPS) is 14.5. The molecule has 2 N–H and O–H groups in total. The second-order valence-electron chi connectivity index (χ2n) is 4.65. The van der Waals surface area contributed by atoms with Crippen LogP contribution < -0.4 is 0 Å². The molecule has 0 saturated carbocycles. The molecule has 0 radical (unpaired) electrons. The zero-order valence-corrected chi connectivity index (χ0v) is 8.54. The molecule has 1 rings (SSSR count). The summed E-state index contributed by atoms with van der Waals surface area (Å²) in [6.07, 6.45) is 4.85. The van der Waals surface area contributed by atoms with Gasteiger partial charge in [0.15, 0.2) is 0 Å². The third-order valence-electron chi connectivity index (χ3n) is 2.07. The van der Waals surface area contributed by atoms with Gasteiger partial charge in [0.25, 0.3) is 0 Å². The van der Waals surface area contributed by atoms with E-state index >= 15 is 0 Å². The number of hydrogen-bond acceptors (Lipinski definition) is 2. The molecule has 0 fully saturated rings. The molecule has 74 valence electrons. The maximum atomic E-state index is 9.71. The van der Waals surface area contributed by atoms with Crippen molar-refractivity contribution in [1.82, 2.24) is 10.2 Å². The van der Waals surface area contributed by atoms with Crippen molar-refractivity contribution in [3.63, 3.8) is 0 Å². The first-order chi connectivity index (χ1) is 5.99. The minimum absolute atomic E-state index is 0.282. The summed E-state index contributed by atoms with van der Waals surface area (Å²) in [5.74, 6) is 0. The van der Waals surface area contributed by atoms with Crippen molar-refractivity contribution >= 4 is 0 Å². The maximum Gasteiger partial charge on any atom is 0.0820 e. The average molecular weight is 182 g/mol. The van der Waals surface area contributed by atoms with Crippen LogP contribution in [0.1, 0.15) is 45.3 Å². The van der Waals surface area contributed by atoms with E-state index in [1.165, 1.54) is 0 Å². The van der Waals surface area contributed by atoms with Gasteiger partial charge in [0, 0.05) is 11.8 Å². The van der Waals surface area contributed by atoms with E-state index in [0.717, 1.165) is 18.4 Å². The molecule has 1 heterocycles. The van der Waals surface area contributed by atoms with Crippen LogP contribution in [0.2, 0.25) is 0 Å². The lowest BCUT2D eigenvalue weighted by atomic mass is 9.88. The molecule has 0 aliphatic carbocycles.